The van der Waals surface area contributed by atoms with Gasteiger partial charge < -0.3 is 4.74 Å². The molecule has 4 nitrogen and oxygen atoms in total. The molecule has 66 valence electrons. The minimum atomic E-state index is -0.630. The van der Waals surface area contributed by atoms with Gasteiger partial charge in [-0.1, -0.05) is 36.4 Å². The third-order valence-corrected chi connectivity index (χ3v) is 0.970. The molecule has 0 atom stereocenters. The summed E-state index contributed by atoms with van der Waals surface area (Å²) < 4.78 is 4.02. The minimum Gasteiger partial charge on any atom is -0.452 e. The van der Waals surface area contributed by atoms with Crippen LogP contribution in [0.2, 0.25) is 0 Å². The number of carbonyl (C=O) groups excluding carboxylic acids is 1. The van der Waals surface area contributed by atoms with E-state index < -0.39 is 6.09 Å². The van der Waals surface area contributed by atoms with Crippen LogP contribution >= 0.6 is 0 Å². The predicted octanol–water partition coefficient (Wildman–Crippen LogP) is 0.903. The van der Waals surface area contributed by atoms with Crippen molar-refractivity contribution < 1.29 is 9.53 Å². The van der Waals surface area contributed by atoms with Crippen molar-refractivity contribution in [2.24, 2.45) is 5.84 Å². The number of nitrogens with one attached hydrogen (secondary N) is 1. The SMILES string of the molecule is COC(=O)NN.c1ccccc1. The van der Waals surface area contributed by atoms with Gasteiger partial charge in [0.15, 0.2) is 0 Å². The van der Waals surface area contributed by atoms with E-state index in [-0.39, 0.29) is 0 Å². The van der Waals surface area contributed by atoms with Crippen molar-refractivity contribution in [3.05, 3.63) is 36.4 Å². The second-order valence-electron chi connectivity index (χ2n) is 1.79. The summed E-state index contributed by atoms with van der Waals surface area (Å²) >= 11 is 0. The van der Waals surface area contributed by atoms with E-state index in [9.17, 15) is 4.79 Å². The molecule has 1 aromatic carbocycles. The zero-order valence-corrected chi connectivity index (χ0v) is 6.86. The topological polar surface area (TPSA) is 64.3 Å². The summed E-state index contributed by atoms with van der Waals surface area (Å²) in [5, 5.41) is 0. The Kier molecular flexibility index (Phi) is 6.58. The fraction of sp³-hybridized carbons (Fsp3) is 0.125. The smallest absolute Gasteiger partial charge is 0.421 e. The third-order valence-electron chi connectivity index (χ3n) is 0.970. The molecule has 0 aromatic heterocycles. The van der Waals surface area contributed by atoms with Gasteiger partial charge in [0.25, 0.3) is 0 Å². The van der Waals surface area contributed by atoms with Crippen LogP contribution in [0.25, 0.3) is 0 Å². The van der Waals surface area contributed by atoms with E-state index in [1.54, 1.807) is 5.43 Å². The van der Waals surface area contributed by atoms with E-state index in [4.69, 9.17) is 0 Å². The number of hydrazine groups is 1. The van der Waals surface area contributed by atoms with E-state index in [0.717, 1.165) is 0 Å². The molecule has 0 aliphatic carbocycles. The van der Waals surface area contributed by atoms with Gasteiger partial charge in [-0.2, -0.15) is 0 Å². The van der Waals surface area contributed by atoms with Crippen LogP contribution in [0.5, 0.6) is 0 Å². The van der Waals surface area contributed by atoms with Crippen LogP contribution in [0.1, 0.15) is 0 Å². The molecule has 1 rings (SSSR count). The zero-order valence-electron chi connectivity index (χ0n) is 6.86. The van der Waals surface area contributed by atoms with Crippen molar-refractivity contribution in [2.45, 2.75) is 0 Å². The first-order valence-electron chi connectivity index (χ1n) is 3.36. The van der Waals surface area contributed by atoms with Crippen molar-refractivity contribution in [3.8, 4) is 0 Å². The molecule has 0 aliphatic rings. The summed E-state index contributed by atoms with van der Waals surface area (Å²) in [6, 6.07) is 12.0. The monoisotopic (exact) mass is 168 g/mol. The molecule has 0 saturated heterocycles. The largest absolute Gasteiger partial charge is 0.452 e. The van der Waals surface area contributed by atoms with Crippen LogP contribution in [-0.2, 0) is 4.74 Å². The summed E-state index contributed by atoms with van der Waals surface area (Å²) in [5.74, 6) is 4.56. The fourth-order valence-electron chi connectivity index (χ4n) is 0.444. The number of methoxy groups -OCH3 is 1. The number of hydrogen-bond donors (Lipinski definition) is 2. The van der Waals surface area contributed by atoms with Gasteiger partial charge in [-0.3, -0.25) is 5.43 Å². The highest BCUT2D eigenvalue weighted by Crippen LogP contribution is 1.79. The number of nitrogens with two attached hydrogens (primary N) is 1. The lowest BCUT2D eigenvalue weighted by molar-refractivity contribution is 0.171. The van der Waals surface area contributed by atoms with Crippen molar-refractivity contribution >= 4 is 6.09 Å². The van der Waals surface area contributed by atoms with Crippen molar-refractivity contribution in [1.82, 2.24) is 5.43 Å². The van der Waals surface area contributed by atoms with E-state index in [1.165, 1.54) is 7.11 Å². The summed E-state index contributed by atoms with van der Waals surface area (Å²) in [7, 11) is 1.24. The molecular weight excluding hydrogens is 156 g/mol. The quantitative estimate of drug-likeness (QED) is 0.343. The van der Waals surface area contributed by atoms with Crippen LogP contribution in [0.4, 0.5) is 4.79 Å². The van der Waals surface area contributed by atoms with Crippen LogP contribution in [0.3, 0.4) is 0 Å². The molecule has 0 radical (unpaired) electrons. The van der Waals surface area contributed by atoms with E-state index in [2.05, 4.69) is 10.6 Å². The standard InChI is InChI=1S/C6H6.C2H6N2O2/c1-2-4-6-5-3-1;1-6-2(5)4-3/h1-6H;3H2,1H3,(H,4,5). The van der Waals surface area contributed by atoms with Gasteiger partial charge in [-0.25, -0.2) is 10.6 Å². The lowest BCUT2D eigenvalue weighted by atomic mass is 10.4. The first kappa shape index (κ1) is 10.4. The number of ether oxygens (including phenoxy) is 1. The van der Waals surface area contributed by atoms with E-state index in [1.807, 2.05) is 36.4 Å². The Labute approximate surface area is 71.3 Å². The van der Waals surface area contributed by atoms with Gasteiger partial charge in [0.1, 0.15) is 0 Å². The molecule has 0 bridgehead atoms. The Hall–Kier alpha value is -1.55. The van der Waals surface area contributed by atoms with Gasteiger partial charge in [-0.15, -0.1) is 0 Å². The molecule has 3 N–H and O–H groups in total. The van der Waals surface area contributed by atoms with Crippen LogP contribution in [-0.4, -0.2) is 13.2 Å². The van der Waals surface area contributed by atoms with E-state index >= 15 is 0 Å². The lowest BCUT2D eigenvalue weighted by Crippen LogP contribution is -2.29. The predicted molar refractivity (Wildman–Crippen MR) is 46.2 cm³/mol. The number of hydrogen-bond acceptors (Lipinski definition) is 3. The van der Waals surface area contributed by atoms with Crippen LogP contribution < -0.4 is 11.3 Å². The summed E-state index contributed by atoms with van der Waals surface area (Å²) in [6.45, 7) is 0. The Morgan fingerprint density at radius 1 is 1.17 bits per heavy atom. The molecule has 1 aromatic rings. The number of benzene rings is 1. The number of rotatable bonds is 0. The van der Waals surface area contributed by atoms with Crippen molar-refractivity contribution in [1.29, 1.82) is 0 Å². The first-order valence-corrected chi connectivity index (χ1v) is 3.36. The maximum Gasteiger partial charge on any atom is 0.421 e. The molecule has 12 heavy (non-hydrogen) atoms. The first-order chi connectivity index (χ1) is 5.81. The Morgan fingerprint density at radius 2 is 1.50 bits per heavy atom. The maximum atomic E-state index is 9.72. The molecule has 1 amide bonds. The second-order valence-corrected chi connectivity index (χ2v) is 1.79. The molecule has 4 heteroatoms. The third kappa shape index (κ3) is 6.57. The molecule has 0 unspecified atom stereocenters. The van der Waals surface area contributed by atoms with Gasteiger partial charge in [0.2, 0.25) is 0 Å². The van der Waals surface area contributed by atoms with Crippen molar-refractivity contribution in [3.63, 3.8) is 0 Å². The highest BCUT2D eigenvalue weighted by Gasteiger charge is 1.85. The molecule has 0 saturated carbocycles. The summed E-state index contributed by atoms with van der Waals surface area (Å²) in [6.07, 6.45) is -0.630. The van der Waals surface area contributed by atoms with Gasteiger partial charge >= 0.3 is 6.09 Å². The molecule has 0 fully saturated rings. The Morgan fingerprint density at radius 3 is 1.58 bits per heavy atom. The Balaban J connectivity index is 0.000000202. The number of carbonyl (C=O) groups is 1. The number of amides is 1. The minimum absolute atomic E-state index is 0.630. The maximum absolute atomic E-state index is 9.72. The lowest BCUT2D eigenvalue weighted by Gasteiger charge is -1.90. The van der Waals surface area contributed by atoms with Gasteiger partial charge in [0, 0.05) is 0 Å². The van der Waals surface area contributed by atoms with Crippen LogP contribution in [0.15, 0.2) is 36.4 Å². The van der Waals surface area contributed by atoms with Gasteiger partial charge in [0.05, 0.1) is 7.11 Å². The fourth-order valence-corrected chi connectivity index (χ4v) is 0.444. The van der Waals surface area contributed by atoms with Gasteiger partial charge in [-0.05, 0) is 0 Å². The summed E-state index contributed by atoms with van der Waals surface area (Å²) in [5.41, 5.74) is 1.75. The average molecular weight is 168 g/mol. The summed E-state index contributed by atoms with van der Waals surface area (Å²) in [4.78, 5) is 9.72. The van der Waals surface area contributed by atoms with Crippen molar-refractivity contribution in [2.75, 3.05) is 7.11 Å². The molecule has 0 heterocycles. The molecule has 0 spiro atoms. The molecular formula is C8H12N2O2. The highest BCUT2D eigenvalue weighted by molar-refractivity contribution is 5.65. The highest BCUT2D eigenvalue weighted by atomic mass is 16.5. The molecule has 0 aliphatic heterocycles. The zero-order chi connectivity index (χ0) is 9.23. The van der Waals surface area contributed by atoms with E-state index in [0.29, 0.717) is 0 Å². The second kappa shape index (κ2) is 7.56. The Bertz CT molecular complexity index is 169. The van der Waals surface area contributed by atoms with Crippen LogP contribution in [0, 0.1) is 0 Å². The average Bonchev–Trinajstić information content (AvgIpc) is 2.20. The normalized spacial score (nSPS) is 7.50.